The lowest BCUT2D eigenvalue weighted by atomic mass is 10.3. The van der Waals surface area contributed by atoms with Crippen molar-refractivity contribution in [1.82, 2.24) is 0 Å². The van der Waals surface area contributed by atoms with E-state index >= 15 is 0 Å². The van der Waals surface area contributed by atoms with E-state index in [0.717, 1.165) is 11.4 Å². The number of hydrogen-bond donors (Lipinski definition) is 1. The quantitative estimate of drug-likeness (QED) is 0.581. The molecule has 0 heterocycles. The number of anilines is 1. The van der Waals surface area contributed by atoms with Crippen LogP contribution in [0, 0.1) is 0 Å². The molecule has 0 spiro atoms. The first-order chi connectivity index (χ1) is 6.22. The summed E-state index contributed by atoms with van der Waals surface area (Å²) in [4.78, 5) is 1.29. The highest BCUT2D eigenvalue weighted by atomic mass is 32.2. The minimum absolute atomic E-state index is 0.999. The van der Waals surface area contributed by atoms with E-state index in [9.17, 15) is 0 Å². The molecule has 0 aliphatic carbocycles. The van der Waals surface area contributed by atoms with Crippen LogP contribution in [0.4, 0.5) is 5.69 Å². The third-order valence-electron chi connectivity index (χ3n) is 1.63. The molecule has 0 unspecified atom stereocenters. The molecule has 0 aliphatic heterocycles. The van der Waals surface area contributed by atoms with Crippen molar-refractivity contribution >= 4 is 17.4 Å². The van der Waals surface area contributed by atoms with Crippen molar-refractivity contribution < 1.29 is 0 Å². The molecule has 0 radical (unpaired) electrons. The van der Waals surface area contributed by atoms with Crippen molar-refractivity contribution in [3.05, 3.63) is 36.4 Å². The van der Waals surface area contributed by atoms with Crippen molar-refractivity contribution in [2.45, 2.75) is 11.8 Å². The van der Waals surface area contributed by atoms with Crippen LogP contribution in [-0.4, -0.2) is 12.8 Å². The van der Waals surface area contributed by atoms with Crippen molar-refractivity contribution in [3.8, 4) is 0 Å². The standard InChI is InChI=1S/C11H15NS/c1-9(2)8-13-11-6-4-10(12-3)5-7-11/h4-7,12H,1,8H2,2-3H3. The van der Waals surface area contributed by atoms with Crippen LogP contribution in [0.25, 0.3) is 0 Å². The number of rotatable bonds is 4. The van der Waals surface area contributed by atoms with Gasteiger partial charge in [-0.25, -0.2) is 0 Å². The van der Waals surface area contributed by atoms with E-state index in [1.165, 1.54) is 10.5 Å². The van der Waals surface area contributed by atoms with Crippen molar-refractivity contribution in [2.75, 3.05) is 18.1 Å². The third-order valence-corrected chi connectivity index (χ3v) is 2.87. The van der Waals surface area contributed by atoms with Gasteiger partial charge in [-0.15, -0.1) is 11.8 Å². The van der Waals surface area contributed by atoms with Crippen LogP contribution in [0.3, 0.4) is 0 Å². The maximum Gasteiger partial charge on any atom is 0.0338 e. The number of benzene rings is 1. The summed E-state index contributed by atoms with van der Waals surface area (Å²) in [7, 11) is 1.93. The fourth-order valence-electron chi connectivity index (χ4n) is 0.924. The number of nitrogens with one attached hydrogen (secondary N) is 1. The molecule has 0 saturated heterocycles. The van der Waals surface area contributed by atoms with E-state index in [-0.39, 0.29) is 0 Å². The van der Waals surface area contributed by atoms with E-state index in [2.05, 4.69) is 43.1 Å². The predicted molar refractivity (Wildman–Crippen MR) is 61.5 cm³/mol. The van der Waals surface area contributed by atoms with Gasteiger partial charge in [-0.2, -0.15) is 0 Å². The normalized spacial score (nSPS) is 9.69. The van der Waals surface area contributed by atoms with Crippen molar-refractivity contribution in [1.29, 1.82) is 0 Å². The van der Waals surface area contributed by atoms with Gasteiger partial charge in [-0.1, -0.05) is 12.2 Å². The highest BCUT2D eigenvalue weighted by Gasteiger charge is 1.93. The number of hydrogen-bond acceptors (Lipinski definition) is 2. The summed E-state index contributed by atoms with van der Waals surface area (Å²) >= 11 is 1.82. The predicted octanol–water partition coefficient (Wildman–Crippen LogP) is 3.40. The van der Waals surface area contributed by atoms with Gasteiger partial charge in [0, 0.05) is 23.4 Å². The second kappa shape index (κ2) is 4.97. The Morgan fingerprint density at radius 2 is 2.00 bits per heavy atom. The van der Waals surface area contributed by atoms with Gasteiger partial charge in [-0.3, -0.25) is 0 Å². The first-order valence-electron chi connectivity index (χ1n) is 4.27. The minimum Gasteiger partial charge on any atom is -0.388 e. The minimum atomic E-state index is 0.999. The molecule has 0 aromatic heterocycles. The van der Waals surface area contributed by atoms with E-state index in [1.807, 2.05) is 18.8 Å². The Bertz CT molecular complexity index is 277. The SMILES string of the molecule is C=C(C)CSc1ccc(NC)cc1. The Labute approximate surface area is 84.2 Å². The molecule has 0 bridgehead atoms. The lowest BCUT2D eigenvalue weighted by Gasteiger charge is -2.02. The molecular formula is C11H15NS. The molecule has 2 heteroatoms. The van der Waals surface area contributed by atoms with Crippen LogP contribution >= 0.6 is 11.8 Å². The summed E-state index contributed by atoms with van der Waals surface area (Å²) in [6.45, 7) is 5.92. The van der Waals surface area contributed by atoms with Crippen LogP contribution in [-0.2, 0) is 0 Å². The Morgan fingerprint density at radius 1 is 1.38 bits per heavy atom. The molecule has 0 aliphatic rings. The zero-order valence-corrected chi connectivity index (χ0v) is 8.95. The van der Waals surface area contributed by atoms with Gasteiger partial charge in [0.25, 0.3) is 0 Å². The first-order valence-corrected chi connectivity index (χ1v) is 5.26. The Balaban J connectivity index is 2.54. The largest absolute Gasteiger partial charge is 0.388 e. The molecule has 0 fully saturated rings. The Kier molecular flexibility index (Phi) is 3.90. The topological polar surface area (TPSA) is 12.0 Å². The van der Waals surface area contributed by atoms with Gasteiger partial charge in [-0.05, 0) is 31.2 Å². The summed E-state index contributed by atoms with van der Waals surface area (Å²) in [5.41, 5.74) is 2.36. The van der Waals surface area contributed by atoms with E-state index in [4.69, 9.17) is 0 Å². The molecule has 1 aromatic carbocycles. The molecule has 1 N–H and O–H groups in total. The summed E-state index contributed by atoms with van der Waals surface area (Å²) in [5.74, 6) is 0.999. The van der Waals surface area contributed by atoms with Gasteiger partial charge in [0.2, 0.25) is 0 Å². The van der Waals surface area contributed by atoms with Crippen molar-refractivity contribution in [3.63, 3.8) is 0 Å². The van der Waals surface area contributed by atoms with Gasteiger partial charge >= 0.3 is 0 Å². The Hall–Kier alpha value is -0.890. The van der Waals surface area contributed by atoms with Crippen molar-refractivity contribution in [2.24, 2.45) is 0 Å². The van der Waals surface area contributed by atoms with Crippen LogP contribution in [0.15, 0.2) is 41.3 Å². The smallest absolute Gasteiger partial charge is 0.0338 e. The summed E-state index contributed by atoms with van der Waals surface area (Å²) in [6, 6.07) is 8.42. The maximum absolute atomic E-state index is 3.87. The average Bonchev–Trinajstić information content (AvgIpc) is 2.15. The monoisotopic (exact) mass is 193 g/mol. The van der Waals surface area contributed by atoms with Gasteiger partial charge in [0.05, 0.1) is 0 Å². The van der Waals surface area contributed by atoms with Crippen LogP contribution in [0.5, 0.6) is 0 Å². The van der Waals surface area contributed by atoms with E-state index < -0.39 is 0 Å². The van der Waals surface area contributed by atoms with E-state index in [0.29, 0.717) is 0 Å². The summed E-state index contributed by atoms with van der Waals surface area (Å²) in [6.07, 6.45) is 0. The van der Waals surface area contributed by atoms with Gasteiger partial charge < -0.3 is 5.32 Å². The molecule has 70 valence electrons. The third kappa shape index (κ3) is 3.55. The zero-order chi connectivity index (χ0) is 9.68. The van der Waals surface area contributed by atoms with Crippen LogP contribution in [0.1, 0.15) is 6.92 Å². The molecule has 1 aromatic rings. The van der Waals surface area contributed by atoms with Gasteiger partial charge in [0.15, 0.2) is 0 Å². The lowest BCUT2D eigenvalue weighted by molar-refractivity contribution is 1.39. The van der Waals surface area contributed by atoms with E-state index in [1.54, 1.807) is 0 Å². The Morgan fingerprint density at radius 3 is 2.46 bits per heavy atom. The van der Waals surface area contributed by atoms with Gasteiger partial charge in [0.1, 0.15) is 0 Å². The fraction of sp³-hybridized carbons (Fsp3) is 0.273. The average molecular weight is 193 g/mol. The molecule has 1 nitrogen and oxygen atoms in total. The second-order valence-corrected chi connectivity index (χ2v) is 4.07. The first kappa shape index (κ1) is 10.2. The summed E-state index contributed by atoms with van der Waals surface area (Å²) < 4.78 is 0. The second-order valence-electron chi connectivity index (χ2n) is 3.02. The van der Waals surface area contributed by atoms with Crippen LogP contribution in [0.2, 0.25) is 0 Å². The molecule has 1 rings (SSSR count). The number of thioether (sulfide) groups is 1. The molecule has 13 heavy (non-hydrogen) atoms. The lowest BCUT2D eigenvalue weighted by Crippen LogP contribution is -1.86. The highest BCUT2D eigenvalue weighted by molar-refractivity contribution is 7.99. The summed E-state index contributed by atoms with van der Waals surface area (Å²) in [5, 5.41) is 3.09. The molecule has 0 amide bonds. The van der Waals surface area contributed by atoms with Crippen LogP contribution < -0.4 is 5.32 Å². The maximum atomic E-state index is 3.87. The molecule has 0 saturated carbocycles. The zero-order valence-electron chi connectivity index (χ0n) is 8.13. The fourth-order valence-corrected chi connectivity index (χ4v) is 1.67. The molecular weight excluding hydrogens is 178 g/mol. The highest BCUT2D eigenvalue weighted by Crippen LogP contribution is 2.21. The molecule has 0 atom stereocenters.